The van der Waals surface area contributed by atoms with E-state index < -0.39 is 24.1 Å². The van der Waals surface area contributed by atoms with Gasteiger partial charge in [-0.3, -0.25) is 0 Å². The van der Waals surface area contributed by atoms with E-state index in [1.54, 1.807) is 55.5 Å². The van der Waals surface area contributed by atoms with Crippen LogP contribution in [0.2, 0.25) is 0 Å². The van der Waals surface area contributed by atoms with Crippen LogP contribution in [0, 0.1) is 0 Å². The number of amides is 2. The van der Waals surface area contributed by atoms with Crippen molar-refractivity contribution < 1.29 is 28.9 Å². The smallest absolute Gasteiger partial charge is 0.331 e. The summed E-state index contributed by atoms with van der Waals surface area (Å²) < 4.78 is 15.4. The molecule has 29 heavy (non-hydrogen) atoms. The second kappa shape index (κ2) is 10.9. The van der Waals surface area contributed by atoms with Crippen LogP contribution in [0.1, 0.15) is 24.2 Å². The fourth-order valence-electron chi connectivity index (χ4n) is 2.71. The van der Waals surface area contributed by atoms with Crippen molar-refractivity contribution in [2.24, 2.45) is 0 Å². The van der Waals surface area contributed by atoms with Crippen LogP contribution < -0.4 is 20.1 Å². The van der Waals surface area contributed by atoms with E-state index in [1.165, 1.54) is 14.2 Å². The van der Waals surface area contributed by atoms with Crippen molar-refractivity contribution in [3.8, 4) is 11.5 Å². The third-order valence-electron chi connectivity index (χ3n) is 4.18. The second-order valence-corrected chi connectivity index (χ2v) is 6.10. The molecule has 0 heterocycles. The number of ether oxygens (including phenoxy) is 3. The summed E-state index contributed by atoms with van der Waals surface area (Å²) in [6.45, 7) is 1.97. The van der Waals surface area contributed by atoms with Crippen molar-refractivity contribution in [1.29, 1.82) is 0 Å². The lowest BCUT2D eigenvalue weighted by molar-refractivity contribution is -0.148. The number of esters is 1. The number of hydrogen-bond donors (Lipinski definition) is 3. The van der Waals surface area contributed by atoms with E-state index in [1.807, 2.05) is 0 Å². The van der Waals surface area contributed by atoms with Gasteiger partial charge in [-0.2, -0.15) is 0 Å². The van der Waals surface area contributed by atoms with Crippen LogP contribution in [0.15, 0.2) is 48.5 Å². The SMILES string of the molecule is CCOC(=O)C(NC(=O)NCc1ccc(OC)c(OC)c1)C(O)c1ccccc1. The lowest BCUT2D eigenvalue weighted by Crippen LogP contribution is -2.49. The Morgan fingerprint density at radius 2 is 1.72 bits per heavy atom. The summed E-state index contributed by atoms with van der Waals surface area (Å²) in [6, 6.07) is 12.0. The molecule has 0 bridgehead atoms. The fourth-order valence-corrected chi connectivity index (χ4v) is 2.71. The predicted octanol–water partition coefficient (Wildman–Crippen LogP) is 2.17. The van der Waals surface area contributed by atoms with Crippen molar-refractivity contribution in [3.63, 3.8) is 0 Å². The van der Waals surface area contributed by atoms with Crippen molar-refractivity contribution in [1.82, 2.24) is 10.6 Å². The molecule has 0 saturated heterocycles. The Morgan fingerprint density at radius 1 is 1.03 bits per heavy atom. The summed E-state index contributed by atoms with van der Waals surface area (Å²) in [5.41, 5.74) is 1.26. The Bertz CT molecular complexity index is 812. The van der Waals surface area contributed by atoms with Gasteiger partial charge in [-0.05, 0) is 30.2 Å². The monoisotopic (exact) mass is 402 g/mol. The molecule has 0 aliphatic rings. The third kappa shape index (κ3) is 6.11. The van der Waals surface area contributed by atoms with E-state index in [9.17, 15) is 14.7 Å². The quantitative estimate of drug-likeness (QED) is 0.555. The Balaban J connectivity index is 2.05. The Kier molecular flexibility index (Phi) is 8.29. The van der Waals surface area contributed by atoms with E-state index in [0.717, 1.165) is 5.56 Å². The van der Waals surface area contributed by atoms with Crippen LogP contribution in [0.5, 0.6) is 11.5 Å². The van der Waals surface area contributed by atoms with Crippen LogP contribution in [-0.2, 0) is 16.1 Å². The Labute approximate surface area is 169 Å². The van der Waals surface area contributed by atoms with Gasteiger partial charge in [-0.25, -0.2) is 9.59 Å². The number of aliphatic hydroxyl groups excluding tert-OH is 1. The molecule has 2 aromatic rings. The van der Waals surface area contributed by atoms with E-state index in [0.29, 0.717) is 17.1 Å². The summed E-state index contributed by atoms with van der Waals surface area (Å²) in [4.78, 5) is 24.6. The zero-order valence-electron chi connectivity index (χ0n) is 16.7. The molecule has 2 atom stereocenters. The molecule has 2 rings (SSSR count). The molecule has 0 radical (unpaired) electrons. The third-order valence-corrected chi connectivity index (χ3v) is 4.18. The molecule has 0 aliphatic carbocycles. The number of carbonyl (C=O) groups is 2. The molecule has 0 fully saturated rings. The highest BCUT2D eigenvalue weighted by Crippen LogP contribution is 2.27. The van der Waals surface area contributed by atoms with Crippen molar-refractivity contribution >= 4 is 12.0 Å². The first-order valence-electron chi connectivity index (χ1n) is 9.15. The van der Waals surface area contributed by atoms with Gasteiger partial charge in [0.2, 0.25) is 0 Å². The predicted molar refractivity (Wildman–Crippen MR) is 107 cm³/mol. The lowest BCUT2D eigenvalue weighted by Gasteiger charge is -2.23. The van der Waals surface area contributed by atoms with Gasteiger partial charge in [0.05, 0.1) is 20.8 Å². The summed E-state index contributed by atoms with van der Waals surface area (Å²) >= 11 is 0. The largest absolute Gasteiger partial charge is 0.493 e. The van der Waals surface area contributed by atoms with Crippen LogP contribution in [-0.4, -0.2) is 44.0 Å². The highest BCUT2D eigenvalue weighted by Gasteiger charge is 2.31. The maximum absolute atomic E-state index is 12.4. The molecule has 2 amide bonds. The molecule has 156 valence electrons. The number of benzene rings is 2. The fraction of sp³-hybridized carbons (Fsp3) is 0.333. The first kappa shape index (κ1) is 22.0. The van der Waals surface area contributed by atoms with E-state index in [2.05, 4.69) is 10.6 Å². The maximum atomic E-state index is 12.4. The van der Waals surface area contributed by atoms with Gasteiger partial charge in [-0.1, -0.05) is 36.4 Å². The standard InChI is InChI=1S/C21H26N2O6/c1-4-29-20(25)18(19(24)15-8-6-5-7-9-15)23-21(26)22-13-14-10-11-16(27-2)17(12-14)28-3/h5-12,18-19,24H,4,13H2,1-3H3,(H2,22,23,26). The molecular weight excluding hydrogens is 376 g/mol. The Hall–Kier alpha value is -3.26. The lowest BCUT2D eigenvalue weighted by atomic mass is 10.0. The molecule has 8 nitrogen and oxygen atoms in total. The molecular formula is C21H26N2O6. The summed E-state index contributed by atoms with van der Waals surface area (Å²) in [6.07, 6.45) is -1.25. The average Bonchev–Trinajstić information content (AvgIpc) is 2.76. The summed E-state index contributed by atoms with van der Waals surface area (Å²) in [5.74, 6) is 0.398. The molecule has 0 saturated carbocycles. The highest BCUT2D eigenvalue weighted by molar-refractivity contribution is 5.84. The first-order valence-corrected chi connectivity index (χ1v) is 9.15. The van der Waals surface area contributed by atoms with E-state index in [4.69, 9.17) is 14.2 Å². The summed E-state index contributed by atoms with van der Waals surface area (Å²) in [7, 11) is 3.06. The second-order valence-electron chi connectivity index (χ2n) is 6.10. The van der Waals surface area contributed by atoms with Crippen molar-refractivity contribution in [2.45, 2.75) is 25.6 Å². The Morgan fingerprint density at radius 3 is 2.34 bits per heavy atom. The minimum atomic E-state index is -1.25. The zero-order valence-corrected chi connectivity index (χ0v) is 16.7. The number of rotatable bonds is 9. The van der Waals surface area contributed by atoms with Gasteiger partial charge >= 0.3 is 12.0 Å². The maximum Gasteiger partial charge on any atom is 0.331 e. The van der Waals surface area contributed by atoms with Gasteiger partial charge < -0.3 is 30.0 Å². The van der Waals surface area contributed by atoms with Crippen LogP contribution >= 0.6 is 0 Å². The molecule has 2 aromatic carbocycles. The van der Waals surface area contributed by atoms with E-state index in [-0.39, 0.29) is 13.2 Å². The number of nitrogens with one attached hydrogen (secondary N) is 2. The van der Waals surface area contributed by atoms with Gasteiger partial charge in [0.15, 0.2) is 17.5 Å². The van der Waals surface area contributed by atoms with Gasteiger partial charge in [0.25, 0.3) is 0 Å². The minimum absolute atomic E-state index is 0.131. The molecule has 3 N–H and O–H groups in total. The summed E-state index contributed by atoms with van der Waals surface area (Å²) in [5, 5.41) is 15.7. The number of methoxy groups -OCH3 is 2. The topological polar surface area (TPSA) is 106 Å². The van der Waals surface area contributed by atoms with Gasteiger partial charge in [-0.15, -0.1) is 0 Å². The number of urea groups is 1. The zero-order chi connectivity index (χ0) is 21.2. The normalized spacial score (nSPS) is 12.4. The molecule has 0 aliphatic heterocycles. The van der Waals surface area contributed by atoms with Gasteiger partial charge in [0.1, 0.15) is 6.10 Å². The molecule has 0 aromatic heterocycles. The first-order chi connectivity index (χ1) is 14.0. The molecule has 8 heteroatoms. The highest BCUT2D eigenvalue weighted by atomic mass is 16.5. The van der Waals surface area contributed by atoms with Gasteiger partial charge in [0, 0.05) is 6.54 Å². The number of carbonyl (C=O) groups excluding carboxylic acids is 2. The molecule has 0 spiro atoms. The van der Waals surface area contributed by atoms with Crippen molar-refractivity contribution in [3.05, 3.63) is 59.7 Å². The van der Waals surface area contributed by atoms with Crippen molar-refractivity contribution in [2.75, 3.05) is 20.8 Å². The number of aliphatic hydroxyl groups is 1. The van der Waals surface area contributed by atoms with Crippen LogP contribution in [0.3, 0.4) is 0 Å². The number of hydrogen-bond acceptors (Lipinski definition) is 6. The minimum Gasteiger partial charge on any atom is -0.493 e. The molecule has 2 unspecified atom stereocenters. The average molecular weight is 402 g/mol. The van der Waals surface area contributed by atoms with Crippen LogP contribution in [0.25, 0.3) is 0 Å². The van der Waals surface area contributed by atoms with E-state index >= 15 is 0 Å². The van der Waals surface area contributed by atoms with Crippen LogP contribution in [0.4, 0.5) is 4.79 Å².